The van der Waals surface area contributed by atoms with Crippen LogP contribution in [0.15, 0.2) is 54.6 Å². The average Bonchev–Trinajstić information content (AvgIpc) is 3.16. The molecule has 7 nitrogen and oxygen atoms in total. The molecule has 1 aliphatic heterocycles. The van der Waals surface area contributed by atoms with Crippen LogP contribution in [0.3, 0.4) is 0 Å². The SMILES string of the molecule is FC(F)Oc1ccc(CCC(c2nnnn2Cc2ccccc2)N2CCCN(C3CCC3)CC2)cc1. The summed E-state index contributed by atoms with van der Waals surface area (Å²) in [5, 5.41) is 12.9. The van der Waals surface area contributed by atoms with E-state index in [1.165, 1.54) is 19.3 Å². The van der Waals surface area contributed by atoms with Crippen LogP contribution in [0.25, 0.3) is 0 Å². The molecule has 2 fully saturated rings. The van der Waals surface area contributed by atoms with Crippen LogP contribution in [0.4, 0.5) is 8.78 Å². The van der Waals surface area contributed by atoms with Crippen LogP contribution in [-0.2, 0) is 13.0 Å². The number of aryl methyl sites for hydroxylation is 1. The first kappa shape index (κ1) is 24.8. The summed E-state index contributed by atoms with van der Waals surface area (Å²) in [6.45, 7) is 2.02. The van der Waals surface area contributed by atoms with E-state index in [2.05, 4.69) is 42.2 Å². The molecule has 9 heteroatoms. The Morgan fingerprint density at radius 1 is 0.889 bits per heavy atom. The Balaban J connectivity index is 1.33. The third kappa shape index (κ3) is 6.25. The number of ether oxygens (including phenoxy) is 1. The van der Waals surface area contributed by atoms with Gasteiger partial charge in [0.15, 0.2) is 5.82 Å². The third-order valence-electron chi connectivity index (χ3n) is 7.48. The minimum atomic E-state index is -2.81. The van der Waals surface area contributed by atoms with E-state index in [1.54, 1.807) is 12.1 Å². The standard InChI is InChI=1S/C27H34F2N6O/c28-27(29)36-24-13-10-21(11-14-24)12-15-25(34-17-5-16-33(18-19-34)23-8-4-9-23)26-30-31-32-35(26)20-22-6-2-1-3-7-22/h1-3,6-7,10-11,13-14,23,25,27H,4-5,8-9,12,15-20H2. The number of halogens is 2. The van der Waals surface area contributed by atoms with Crippen molar-refractivity contribution >= 4 is 0 Å². The minimum absolute atomic E-state index is 0.0713. The topological polar surface area (TPSA) is 59.3 Å². The summed E-state index contributed by atoms with van der Waals surface area (Å²) in [6, 6.07) is 18.0. The molecular weight excluding hydrogens is 462 g/mol. The van der Waals surface area contributed by atoms with E-state index < -0.39 is 6.61 Å². The van der Waals surface area contributed by atoms with Crippen LogP contribution in [0.1, 0.15) is 55.1 Å². The second-order valence-corrected chi connectivity index (χ2v) is 9.77. The molecule has 2 aliphatic rings. The van der Waals surface area contributed by atoms with E-state index >= 15 is 0 Å². The van der Waals surface area contributed by atoms with Gasteiger partial charge in [-0.05, 0) is 72.3 Å². The Labute approximate surface area is 211 Å². The Kier molecular flexibility index (Phi) is 8.18. The van der Waals surface area contributed by atoms with Gasteiger partial charge >= 0.3 is 6.61 Å². The first-order chi connectivity index (χ1) is 17.7. The van der Waals surface area contributed by atoms with Crippen molar-refractivity contribution in [3.8, 4) is 5.75 Å². The summed E-state index contributed by atoms with van der Waals surface area (Å²) in [5.41, 5.74) is 2.24. The molecule has 0 N–H and O–H groups in total. The van der Waals surface area contributed by atoms with Gasteiger partial charge < -0.3 is 4.74 Å². The fourth-order valence-corrected chi connectivity index (χ4v) is 5.32. The van der Waals surface area contributed by atoms with Crippen molar-refractivity contribution in [2.24, 2.45) is 0 Å². The van der Waals surface area contributed by atoms with Gasteiger partial charge in [-0.1, -0.05) is 48.9 Å². The molecule has 2 aromatic carbocycles. The van der Waals surface area contributed by atoms with Gasteiger partial charge in [-0.2, -0.15) is 8.78 Å². The fourth-order valence-electron chi connectivity index (χ4n) is 5.32. The van der Waals surface area contributed by atoms with Gasteiger partial charge in [-0.25, -0.2) is 4.68 Å². The lowest BCUT2D eigenvalue weighted by Crippen LogP contribution is -2.42. The van der Waals surface area contributed by atoms with Gasteiger partial charge in [0.25, 0.3) is 0 Å². The van der Waals surface area contributed by atoms with Crippen LogP contribution in [0, 0.1) is 0 Å². The van der Waals surface area contributed by atoms with Crippen molar-refractivity contribution in [3.63, 3.8) is 0 Å². The average molecular weight is 497 g/mol. The Morgan fingerprint density at radius 2 is 1.69 bits per heavy atom. The third-order valence-corrected chi connectivity index (χ3v) is 7.48. The lowest BCUT2D eigenvalue weighted by atomic mass is 9.91. The molecule has 0 radical (unpaired) electrons. The normalized spacial score (nSPS) is 18.6. The van der Waals surface area contributed by atoms with Crippen molar-refractivity contribution in [1.29, 1.82) is 0 Å². The zero-order valence-electron chi connectivity index (χ0n) is 20.6. The predicted molar refractivity (Wildman–Crippen MR) is 133 cm³/mol. The maximum Gasteiger partial charge on any atom is 0.387 e. The van der Waals surface area contributed by atoms with Crippen LogP contribution in [0.2, 0.25) is 0 Å². The second kappa shape index (κ2) is 11.9. The number of benzene rings is 2. The van der Waals surface area contributed by atoms with E-state index in [-0.39, 0.29) is 11.8 Å². The van der Waals surface area contributed by atoms with E-state index in [0.29, 0.717) is 6.54 Å². The summed E-state index contributed by atoms with van der Waals surface area (Å²) < 4.78 is 31.5. The van der Waals surface area contributed by atoms with Gasteiger partial charge in [0.2, 0.25) is 0 Å². The molecule has 0 bridgehead atoms. The molecule has 1 unspecified atom stereocenters. The van der Waals surface area contributed by atoms with Crippen LogP contribution < -0.4 is 4.74 Å². The van der Waals surface area contributed by atoms with Crippen molar-refractivity contribution in [2.45, 2.75) is 63.8 Å². The number of nitrogens with zero attached hydrogens (tertiary/aromatic N) is 6. The monoisotopic (exact) mass is 496 g/mol. The van der Waals surface area contributed by atoms with E-state index in [9.17, 15) is 8.78 Å². The van der Waals surface area contributed by atoms with Crippen molar-refractivity contribution in [1.82, 2.24) is 30.0 Å². The van der Waals surface area contributed by atoms with E-state index in [1.807, 2.05) is 35.0 Å². The number of hydrogen-bond acceptors (Lipinski definition) is 6. The molecule has 0 amide bonds. The fraction of sp³-hybridized carbons (Fsp3) is 0.519. The zero-order valence-corrected chi connectivity index (χ0v) is 20.6. The molecule has 2 heterocycles. The highest BCUT2D eigenvalue weighted by atomic mass is 19.3. The minimum Gasteiger partial charge on any atom is -0.435 e. The Morgan fingerprint density at radius 3 is 2.42 bits per heavy atom. The molecule has 1 saturated carbocycles. The summed E-state index contributed by atoms with van der Waals surface area (Å²) in [7, 11) is 0. The Hall–Kier alpha value is -2.91. The maximum absolute atomic E-state index is 12.5. The van der Waals surface area contributed by atoms with Crippen molar-refractivity contribution < 1.29 is 13.5 Å². The van der Waals surface area contributed by atoms with Crippen LogP contribution in [0.5, 0.6) is 5.75 Å². The summed E-state index contributed by atoms with van der Waals surface area (Å²) >= 11 is 0. The molecule has 0 spiro atoms. The summed E-state index contributed by atoms with van der Waals surface area (Å²) in [5.74, 6) is 1.06. The zero-order chi connectivity index (χ0) is 24.7. The summed E-state index contributed by atoms with van der Waals surface area (Å²) in [4.78, 5) is 5.20. The van der Waals surface area contributed by atoms with Gasteiger partial charge in [0.1, 0.15) is 5.75 Å². The molecule has 1 saturated heterocycles. The van der Waals surface area contributed by atoms with Gasteiger partial charge in [0.05, 0.1) is 12.6 Å². The molecule has 1 aromatic heterocycles. The molecule has 1 atom stereocenters. The lowest BCUT2D eigenvalue weighted by molar-refractivity contribution is -0.0498. The van der Waals surface area contributed by atoms with Crippen molar-refractivity contribution in [3.05, 3.63) is 71.5 Å². The highest BCUT2D eigenvalue weighted by Gasteiger charge is 2.31. The smallest absolute Gasteiger partial charge is 0.387 e. The molecule has 36 heavy (non-hydrogen) atoms. The second-order valence-electron chi connectivity index (χ2n) is 9.77. The predicted octanol–water partition coefficient (Wildman–Crippen LogP) is 4.56. The molecular formula is C27H34F2N6O. The van der Waals surface area contributed by atoms with Crippen LogP contribution >= 0.6 is 0 Å². The molecule has 1 aliphatic carbocycles. The Bertz CT molecular complexity index is 1070. The van der Waals surface area contributed by atoms with E-state index in [0.717, 1.165) is 68.4 Å². The first-order valence-electron chi connectivity index (χ1n) is 13.0. The highest BCUT2D eigenvalue weighted by molar-refractivity contribution is 5.27. The van der Waals surface area contributed by atoms with Crippen molar-refractivity contribution in [2.75, 3.05) is 26.2 Å². The molecule has 3 aromatic rings. The van der Waals surface area contributed by atoms with Gasteiger partial charge in [-0.15, -0.1) is 5.10 Å². The number of tetrazole rings is 1. The van der Waals surface area contributed by atoms with Crippen LogP contribution in [-0.4, -0.2) is 68.8 Å². The summed E-state index contributed by atoms with van der Waals surface area (Å²) in [6.07, 6.45) is 6.76. The number of hydrogen-bond donors (Lipinski definition) is 0. The number of aromatic nitrogens is 4. The highest BCUT2D eigenvalue weighted by Crippen LogP contribution is 2.30. The lowest BCUT2D eigenvalue weighted by Gasteiger charge is -2.37. The molecule has 192 valence electrons. The maximum atomic E-state index is 12.5. The quantitative estimate of drug-likeness (QED) is 0.410. The van der Waals surface area contributed by atoms with E-state index in [4.69, 9.17) is 0 Å². The number of rotatable bonds is 10. The molecule has 5 rings (SSSR count). The number of alkyl halides is 2. The van der Waals surface area contributed by atoms with Gasteiger partial charge in [0, 0.05) is 25.7 Å². The first-order valence-corrected chi connectivity index (χ1v) is 13.0. The largest absolute Gasteiger partial charge is 0.435 e. The van der Waals surface area contributed by atoms with Gasteiger partial charge in [-0.3, -0.25) is 9.80 Å².